The maximum Gasteiger partial charge on any atom is 0.0467 e. The number of hydrogen-bond donors (Lipinski definition) is 0. The van der Waals surface area contributed by atoms with Gasteiger partial charge in [-0.15, -0.1) is 0 Å². The molecule has 1 heteroatoms. The van der Waals surface area contributed by atoms with E-state index in [4.69, 9.17) is 0 Å². The predicted octanol–water partition coefficient (Wildman–Crippen LogP) is 15.3. The first kappa shape index (κ1) is 32.4. The van der Waals surface area contributed by atoms with Gasteiger partial charge in [-0.2, -0.15) is 0 Å². The van der Waals surface area contributed by atoms with Crippen LogP contribution in [0, 0.1) is 0 Å². The third kappa shape index (κ3) is 6.22. The standard InChI is InChI=1S/C54H37N/c1-3-14-43-35-45(25-23-38(43)11-1)40-27-31-48(32-28-40)55(50-18-9-17-46(37-50)54-22-10-16-41-13-5-6-19-51(41)54)49-33-29-42(30-34-49)52-20-7-8-21-53(52)47-26-24-39-12-2-4-15-44(39)36-47/h1-37H. The summed E-state index contributed by atoms with van der Waals surface area (Å²) >= 11 is 0. The Morgan fingerprint density at radius 1 is 0.218 bits per heavy atom. The van der Waals surface area contributed by atoms with Gasteiger partial charge in [0.1, 0.15) is 0 Å². The van der Waals surface area contributed by atoms with Crippen LogP contribution in [0.5, 0.6) is 0 Å². The minimum atomic E-state index is 1.10. The molecule has 10 aromatic rings. The largest absolute Gasteiger partial charge is 0.310 e. The van der Waals surface area contributed by atoms with Gasteiger partial charge in [0.15, 0.2) is 0 Å². The second-order valence-corrected chi connectivity index (χ2v) is 14.2. The van der Waals surface area contributed by atoms with Gasteiger partial charge in [0.05, 0.1) is 0 Å². The van der Waals surface area contributed by atoms with Gasteiger partial charge >= 0.3 is 0 Å². The van der Waals surface area contributed by atoms with E-state index in [-0.39, 0.29) is 0 Å². The minimum Gasteiger partial charge on any atom is -0.310 e. The summed E-state index contributed by atoms with van der Waals surface area (Å²) in [6.45, 7) is 0. The molecule has 0 amide bonds. The molecule has 0 aliphatic rings. The van der Waals surface area contributed by atoms with E-state index in [1.54, 1.807) is 0 Å². The summed E-state index contributed by atoms with van der Waals surface area (Å²) in [4.78, 5) is 2.37. The Balaban J connectivity index is 1.06. The minimum absolute atomic E-state index is 1.10. The summed E-state index contributed by atoms with van der Waals surface area (Å²) in [5.41, 5.74) is 13.0. The van der Waals surface area contributed by atoms with Gasteiger partial charge < -0.3 is 4.90 Å². The van der Waals surface area contributed by atoms with Crippen LogP contribution in [0.15, 0.2) is 224 Å². The molecule has 0 fully saturated rings. The summed E-state index contributed by atoms with van der Waals surface area (Å²) in [7, 11) is 0. The van der Waals surface area contributed by atoms with E-state index in [2.05, 4.69) is 229 Å². The Bertz CT molecular complexity index is 2970. The highest BCUT2D eigenvalue weighted by Gasteiger charge is 2.16. The Kier molecular flexibility index (Phi) is 8.24. The van der Waals surface area contributed by atoms with Crippen LogP contribution in [-0.4, -0.2) is 0 Å². The zero-order valence-electron chi connectivity index (χ0n) is 30.3. The second kappa shape index (κ2) is 14.0. The van der Waals surface area contributed by atoms with E-state index in [0.717, 1.165) is 17.1 Å². The van der Waals surface area contributed by atoms with Crippen LogP contribution < -0.4 is 4.90 Å². The monoisotopic (exact) mass is 699 g/mol. The lowest BCUT2D eigenvalue weighted by molar-refractivity contribution is 1.28. The molecule has 0 N–H and O–H groups in total. The van der Waals surface area contributed by atoms with Crippen molar-refractivity contribution in [3.63, 3.8) is 0 Å². The highest BCUT2D eigenvalue weighted by Crippen LogP contribution is 2.41. The second-order valence-electron chi connectivity index (χ2n) is 14.2. The summed E-state index contributed by atoms with van der Waals surface area (Å²) in [5.74, 6) is 0. The quantitative estimate of drug-likeness (QED) is 0.160. The Labute approximate surface area is 322 Å². The van der Waals surface area contributed by atoms with Crippen molar-refractivity contribution in [3.05, 3.63) is 224 Å². The summed E-state index contributed by atoms with van der Waals surface area (Å²) in [5, 5.41) is 7.50. The number of anilines is 3. The lowest BCUT2D eigenvalue weighted by Gasteiger charge is -2.26. The van der Waals surface area contributed by atoms with E-state index >= 15 is 0 Å². The van der Waals surface area contributed by atoms with Crippen LogP contribution in [-0.2, 0) is 0 Å². The van der Waals surface area contributed by atoms with E-state index in [9.17, 15) is 0 Å². The fourth-order valence-electron chi connectivity index (χ4n) is 8.04. The van der Waals surface area contributed by atoms with Gasteiger partial charge in [0.2, 0.25) is 0 Å². The van der Waals surface area contributed by atoms with Crippen molar-refractivity contribution < 1.29 is 0 Å². The zero-order valence-corrected chi connectivity index (χ0v) is 30.3. The number of hydrogen-bond acceptors (Lipinski definition) is 1. The van der Waals surface area contributed by atoms with Gasteiger partial charge in [-0.25, -0.2) is 0 Å². The first-order valence-corrected chi connectivity index (χ1v) is 18.9. The fourth-order valence-corrected chi connectivity index (χ4v) is 8.04. The van der Waals surface area contributed by atoms with Crippen LogP contribution in [0.1, 0.15) is 0 Å². The van der Waals surface area contributed by atoms with E-state index in [1.807, 2.05) is 0 Å². The summed E-state index contributed by atoms with van der Waals surface area (Å²) in [6, 6.07) is 81.5. The molecule has 0 aliphatic carbocycles. The van der Waals surface area contributed by atoms with Gasteiger partial charge in [0.25, 0.3) is 0 Å². The SMILES string of the molecule is c1cc(-c2cccc3ccccc23)cc(N(c2ccc(-c3ccc4ccccc4c3)cc2)c2ccc(-c3ccccc3-c3ccc4ccccc4c3)cc2)c1. The highest BCUT2D eigenvalue weighted by atomic mass is 15.1. The lowest BCUT2D eigenvalue weighted by Crippen LogP contribution is -2.10. The molecule has 0 heterocycles. The van der Waals surface area contributed by atoms with Crippen molar-refractivity contribution in [2.75, 3.05) is 4.90 Å². The molecular weight excluding hydrogens is 663 g/mol. The van der Waals surface area contributed by atoms with E-state index in [1.165, 1.54) is 76.8 Å². The summed E-state index contributed by atoms with van der Waals surface area (Å²) < 4.78 is 0. The topological polar surface area (TPSA) is 3.24 Å². The van der Waals surface area contributed by atoms with Crippen molar-refractivity contribution in [1.29, 1.82) is 0 Å². The van der Waals surface area contributed by atoms with Crippen LogP contribution in [0.3, 0.4) is 0 Å². The number of rotatable bonds is 7. The van der Waals surface area contributed by atoms with E-state index in [0.29, 0.717) is 0 Å². The summed E-state index contributed by atoms with van der Waals surface area (Å²) in [6.07, 6.45) is 0. The molecule has 0 atom stereocenters. The Hall–Kier alpha value is -7.22. The Morgan fingerprint density at radius 2 is 0.673 bits per heavy atom. The van der Waals surface area contributed by atoms with Gasteiger partial charge in [-0.3, -0.25) is 0 Å². The number of nitrogens with zero attached hydrogens (tertiary/aromatic N) is 1. The first-order chi connectivity index (χ1) is 27.2. The fraction of sp³-hybridized carbons (Fsp3) is 0. The van der Waals surface area contributed by atoms with E-state index < -0.39 is 0 Å². The van der Waals surface area contributed by atoms with Crippen molar-refractivity contribution in [2.45, 2.75) is 0 Å². The van der Waals surface area contributed by atoms with Gasteiger partial charge in [-0.1, -0.05) is 176 Å². The maximum absolute atomic E-state index is 2.37. The molecule has 0 aliphatic heterocycles. The predicted molar refractivity (Wildman–Crippen MR) is 235 cm³/mol. The highest BCUT2D eigenvalue weighted by molar-refractivity contribution is 5.98. The number of fused-ring (bicyclic) bond motifs is 3. The smallest absolute Gasteiger partial charge is 0.0467 e. The molecule has 0 radical (unpaired) electrons. The van der Waals surface area contributed by atoms with Crippen LogP contribution >= 0.6 is 0 Å². The maximum atomic E-state index is 2.37. The van der Waals surface area contributed by atoms with Crippen molar-refractivity contribution in [3.8, 4) is 44.5 Å². The lowest BCUT2D eigenvalue weighted by atomic mass is 9.93. The third-order valence-electron chi connectivity index (χ3n) is 10.8. The van der Waals surface area contributed by atoms with Crippen molar-refractivity contribution in [1.82, 2.24) is 0 Å². The normalized spacial score (nSPS) is 11.3. The number of benzene rings is 10. The molecule has 0 saturated carbocycles. The van der Waals surface area contributed by atoms with Gasteiger partial charge in [-0.05, 0) is 125 Å². The molecule has 0 unspecified atom stereocenters. The average Bonchev–Trinajstić information content (AvgIpc) is 3.26. The molecule has 10 aromatic carbocycles. The molecule has 0 bridgehead atoms. The third-order valence-corrected chi connectivity index (χ3v) is 10.8. The molecule has 1 nitrogen and oxygen atoms in total. The van der Waals surface area contributed by atoms with Gasteiger partial charge in [0, 0.05) is 17.1 Å². The van der Waals surface area contributed by atoms with Crippen LogP contribution in [0.4, 0.5) is 17.1 Å². The van der Waals surface area contributed by atoms with Crippen molar-refractivity contribution >= 4 is 49.4 Å². The Morgan fingerprint density at radius 3 is 1.36 bits per heavy atom. The van der Waals surface area contributed by atoms with Crippen molar-refractivity contribution in [2.24, 2.45) is 0 Å². The molecule has 0 aromatic heterocycles. The molecular formula is C54H37N. The molecule has 55 heavy (non-hydrogen) atoms. The van der Waals surface area contributed by atoms with Crippen LogP contribution in [0.25, 0.3) is 76.8 Å². The molecule has 0 saturated heterocycles. The molecule has 258 valence electrons. The molecule has 10 rings (SSSR count). The van der Waals surface area contributed by atoms with Crippen LogP contribution in [0.2, 0.25) is 0 Å². The zero-order chi connectivity index (χ0) is 36.6. The molecule has 0 spiro atoms. The first-order valence-electron chi connectivity index (χ1n) is 18.9. The average molecular weight is 700 g/mol.